The number of nitrogens with zero attached hydrogens (tertiary/aromatic N) is 1. The van der Waals surface area contributed by atoms with Crippen LogP contribution in [0.3, 0.4) is 0 Å². The first-order valence-corrected chi connectivity index (χ1v) is 7.75. The average molecular weight is 264 g/mol. The normalized spacial score (nSPS) is 27.2. The van der Waals surface area contributed by atoms with Gasteiger partial charge in [-0.15, -0.1) is 0 Å². The molecule has 0 spiro atoms. The molecule has 2 N–H and O–H groups in total. The highest BCUT2D eigenvalue weighted by molar-refractivity contribution is 7.87. The molecule has 2 unspecified atom stereocenters. The molecule has 5 nitrogen and oxygen atoms in total. The van der Waals surface area contributed by atoms with E-state index in [4.69, 9.17) is 5.11 Å². The Bertz CT molecular complexity index is 309. The molecule has 0 aromatic heterocycles. The van der Waals surface area contributed by atoms with Crippen molar-refractivity contribution in [3.63, 3.8) is 0 Å². The Morgan fingerprint density at radius 1 is 1.24 bits per heavy atom. The quantitative estimate of drug-likeness (QED) is 0.689. The van der Waals surface area contributed by atoms with E-state index in [1.54, 1.807) is 4.31 Å². The molecule has 1 aliphatic heterocycles. The molecule has 1 fully saturated rings. The number of piperidine rings is 1. The SMILES string of the molecule is CC1CC(C)CN(S(=O)(=O)NCCCCO)C1. The number of aliphatic hydroxyl groups is 1. The lowest BCUT2D eigenvalue weighted by Crippen LogP contribution is -2.48. The molecule has 2 atom stereocenters. The van der Waals surface area contributed by atoms with Gasteiger partial charge in [-0.05, 0) is 31.1 Å². The smallest absolute Gasteiger partial charge is 0.279 e. The van der Waals surface area contributed by atoms with Gasteiger partial charge in [-0.1, -0.05) is 13.8 Å². The van der Waals surface area contributed by atoms with Crippen LogP contribution in [0.1, 0.15) is 33.1 Å². The van der Waals surface area contributed by atoms with Crippen molar-refractivity contribution in [1.29, 1.82) is 0 Å². The highest BCUT2D eigenvalue weighted by Crippen LogP contribution is 2.22. The fourth-order valence-corrected chi connectivity index (χ4v) is 3.82. The van der Waals surface area contributed by atoms with Crippen molar-refractivity contribution in [2.24, 2.45) is 11.8 Å². The standard InChI is InChI=1S/C11H24N2O3S/c1-10-7-11(2)9-13(8-10)17(15,16)12-5-3-4-6-14/h10-12,14H,3-9H2,1-2H3. The van der Waals surface area contributed by atoms with E-state index >= 15 is 0 Å². The molecule has 0 radical (unpaired) electrons. The van der Waals surface area contributed by atoms with Gasteiger partial charge < -0.3 is 5.11 Å². The van der Waals surface area contributed by atoms with Gasteiger partial charge in [0, 0.05) is 26.2 Å². The summed E-state index contributed by atoms with van der Waals surface area (Å²) in [4.78, 5) is 0. The van der Waals surface area contributed by atoms with Crippen molar-refractivity contribution in [3.05, 3.63) is 0 Å². The van der Waals surface area contributed by atoms with E-state index in [0.29, 0.717) is 44.3 Å². The maximum Gasteiger partial charge on any atom is 0.279 e. The summed E-state index contributed by atoms with van der Waals surface area (Å²) in [7, 11) is -3.33. The minimum Gasteiger partial charge on any atom is -0.396 e. The predicted molar refractivity (Wildman–Crippen MR) is 67.8 cm³/mol. The van der Waals surface area contributed by atoms with Gasteiger partial charge in [0.05, 0.1) is 0 Å². The van der Waals surface area contributed by atoms with Crippen LogP contribution in [0.15, 0.2) is 0 Å². The first-order chi connectivity index (χ1) is 7.95. The fraction of sp³-hybridized carbons (Fsp3) is 1.00. The van der Waals surface area contributed by atoms with Crippen LogP contribution < -0.4 is 4.72 Å². The highest BCUT2D eigenvalue weighted by atomic mass is 32.2. The van der Waals surface area contributed by atoms with E-state index in [1.807, 2.05) is 0 Å². The molecule has 0 aliphatic carbocycles. The molecule has 17 heavy (non-hydrogen) atoms. The highest BCUT2D eigenvalue weighted by Gasteiger charge is 2.29. The third kappa shape index (κ3) is 4.91. The lowest BCUT2D eigenvalue weighted by Gasteiger charge is -2.33. The van der Waals surface area contributed by atoms with Crippen LogP contribution in [0.4, 0.5) is 0 Å². The zero-order valence-corrected chi connectivity index (χ0v) is 11.5. The van der Waals surface area contributed by atoms with Crippen molar-refractivity contribution in [2.45, 2.75) is 33.1 Å². The second-order valence-electron chi connectivity index (χ2n) is 5.09. The van der Waals surface area contributed by atoms with Crippen LogP contribution in [0, 0.1) is 11.8 Å². The molecule has 0 amide bonds. The zero-order chi connectivity index (χ0) is 12.9. The number of rotatable bonds is 6. The Hall–Kier alpha value is -0.170. The molecule has 6 heteroatoms. The van der Waals surface area contributed by atoms with E-state index in [-0.39, 0.29) is 6.61 Å². The Kier molecular flexibility index (Phi) is 5.85. The Balaban J connectivity index is 2.45. The summed E-state index contributed by atoms with van der Waals surface area (Å²) in [6, 6.07) is 0. The molecule has 0 saturated carbocycles. The maximum absolute atomic E-state index is 12.0. The Morgan fingerprint density at radius 2 is 1.82 bits per heavy atom. The molecular formula is C11H24N2O3S. The molecule has 1 heterocycles. The van der Waals surface area contributed by atoms with Crippen LogP contribution >= 0.6 is 0 Å². The second-order valence-corrected chi connectivity index (χ2v) is 6.85. The number of unbranched alkanes of at least 4 members (excludes halogenated alkanes) is 1. The molecule has 1 saturated heterocycles. The predicted octanol–water partition coefficient (Wildman–Crippen LogP) is 0.571. The van der Waals surface area contributed by atoms with E-state index in [9.17, 15) is 8.42 Å². The summed E-state index contributed by atoms with van der Waals surface area (Å²) in [5.74, 6) is 0.848. The Labute approximate surface area is 104 Å². The summed E-state index contributed by atoms with van der Waals surface area (Å²) < 4.78 is 28.1. The first-order valence-electron chi connectivity index (χ1n) is 6.31. The molecule has 0 aromatic carbocycles. The van der Waals surface area contributed by atoms with Gasteiger partial charge in [0.15, 0.2) is 0 Å². The van der Waals surface area contributed by atoms with Crippen LogP contribution in [0.25, 0.3) is 0 Å². The van der Waals surface area contributed by atoms with Crippen molar-refractivity contribution in [3.8, 4) is 0 Å². The van der Waals surface area contributed by atoms with Gasteiger partial charge in [0.25, 0.3) is 10.2 Å². The minimum atomic E-state index is -3.33. The molecule has 1 rings (SSSR count). The molecule has 0 aromatic rings. The van der Waals surface area contributed by atoms with Gasteiger partial charge in [0.2, 0.25) is 0 Å². The van der Waals surface area contributed by atoms with E-state index < -0.39 is 10.2 Å². The average Bonchev–Trinajstić information content (AvgIpc) is 2.23. The van der Waals surface area contributed by atoms with E-state index in [2.05, 4.69) is 18.6 Å². The number of nitrogens with one attached hydrogen (secondary N) is 1. The number of hydrogen-bond donors (Lipinski definition) is 2. The minimum absolute atomic E-state index is 0.111. The summed E-state index contributed by atoms with van der Waals surface area (Å²) in [5, 5.41) is 8.63. The van der Waals surface area contributed by atoms with Crippen LogP contribution in [0.2, 0.25) is 0 Å². The molecule has 1 aliphatic rings. The number of hydrogen-bond acceptors (Lipinski definition) is 3. The monoisotopic (exact) mass is 264 g/mol. The fourth-order valence-electron chi connectivity index (χ4n) is 2.33. The summed E-state index contributed by atoms with van der Waals surface area (Å²) in [5.41, 5.74) is 0. The van der Waals surface area contributed by atoms with Gasteiger partial charge in [-0.3, -0.25) is 0 Å². The zero-order valence-electron chi connectivity index (χ0n) is 10.7. The summed E-state index contributed by atoms with van der Waals surface area (Å²) in [6.07, 6.45) is 2.40. The van der Waals surface area contributed by atoms with Crippen molar-refractivity contribution < 1.29 is 13.5 Å². The third-order valence-corrected chi connectivity index (χ3v) is 4.59. The van der Waals surface area contributed by atoms with E-state index in [0.717, 1.165) is 6.42 Å². The maximum atomic E-state index is 12.0. The van der Waals surface area contributed by atoms with Gasteiger partial charge in [-0.25, -0.2) is 4.72 Å². The largest absolute Gasteiger partial charge is 0.396 e. The number of aliphatic hydroxyl groups excluding tert-OH is 1. The van der Waals surface area contributed by atoms with Crippen LogP contribution in [0.5, 0.6) is 0 Å². The van der Waals surface area contributed by atoms with Crippen LogP contribution in [-0.2, 0) is 10.2 Å². The van der Waals surface area contributed by atoms with Gasteiger partial charge >= 0.3 is 0 Å². The van der Waals surface area contributed by atoms with Gasteiger partial charge in [-0.2, -0.15) is 12.7 Å². The van der Waals surface area contributed by atoms with Crippen molar-refractivity contribution in [1.82, 2.24) is 9.03 Å². The third-order valence-electron chi connectivity index (χ3n) is 3.04. The van der Waals surface area contributed by atoms with Gasteiger partial charge in [0.1, 0.15) is 0 Å². The molecule has 0 bridgehead atoms. The summed E-state index contributed by atoms with van der Waals surface area (Å²) in [6.45, 7) is 5.91. The molecular weight excluding hydrogens is 240 g/mol. The first kappa shape index (κ1) is 14.9. The summed E-state index contributed by atoms with van der Waals surface area (Å²) >= 11 is 0. The van der Waals surface area contributed by atoms with Crippen molar-refractivity contribution in [2.75, 3.05) is 26.2 Å². The van der Waals surface area contributed by atoms with Crippen LogP contribution in [-0.4, -0.2) is 44.1 Å². The Morgan fingerprint density at radius 3 is 2.35 bits per heavy atom. The second kappa shape index (κ2) is 6.68. The lowest BCUT2D eigenvalue weighted by molar-refractivity contribution is 0.220. The van der Waals surface area contributed by atoms with E-state index in [1.165, 1.54) is 0 Å². The topological polar surface area (TPSA) is 69.6 Å². The lowest BCUT2D eigenvalue weighted by atomic mass is 9.94. The molecule has 102 valence electrons. The van der Waals surface area contributed by atoms with Crippen molar-refractivity contribution >= 4 is 10.2 Å².